The molecule has 1 aromatic heterocycles. The van der Waals surface area contributed by atoms with Crippen molar-refractivity contribution in [3.05, 3.63) is 45.1 Å². The van der Waals surface area contributed by atoms with Crippen molar-refractivity contribution in [2.75, 3.05) is 12.6 Å². The van der Waals surface area contributed by atoms with Crippen LogP contribution < -0.4 is 0 Å². The van der Waals surface area contributed by atoms with Crippen LogP contribution >= 0.6 is 34.7 Å². The predicted molar refractivity (Wildman–Crippen MR) is 139 cm³/mol. The number of hydroxylamine groups is 2. The molecule has 5 nitrogen and oxygen atoms in total. The van der Waals surface area contributed by atoms with E-state index in [-0.39, 0.29) is 29.2 Å². The first kappa shape index (κ1) is 26.1. The Balaban J connectivity index is 1.39. The van der Waals surface area contributed by atoms with E-state index in [0.717, 1.165) is 10.5 Å². The molecule has 37 heavy (non-hydrogen) atoms. The molecule has 0 radical (unpaired) electrons. The number of thiophene rings is 1. The zero-order valence-corrected chi connectivity index (χ0v) is 23.1. The lowest BCUT2D eigenvalue weighted by Crippen LogP contribution is -2.69. The van der Waals surface area contributed by atoms with Crippen LogP contribution in [-0.4, -0.2) is 51.0 Å². The maximum Gasteiger partial charge on any atom is 0.226 e. The predicted octanol–water partition coefficient (Wildman–Crippen LogP) is 5.67. The molecule has 8 atom stereocenters. The molecule has 1 N–H and O–H groups in total. The monoisotopic (exact) mass is 569 g/mol. The summed E-state index contributed by atoms with van der Waals surface area (Å²) in [7, 11) is 0. The summed E-state index contributed by atoms with van der Waals surface area (Å²) in [6.45, 7) is 4.60. The van der Waals surface area contributed by atoms with Gasteiger partial charge in [0, 0.05) is 34.1 Å². The molecule has 4 aliphatic carbocycles. The van der Waals surface area contributed by atoms with Gasteiger partial charge in [0.15, 0.2) is 17.1 Å². The van der Waals surface area contributed by atoms with Crippen molar-refractivity contribution in [3.8, 4) is 0 Å². The second-order valence-electron chi connectivity index (χ2n) is 11.6. The average Bonchev–Trinajstić information content (AvgIpc) is 3.48. The van der Waals surface area contributed by atoms with Gasteiger partial charge in [-0.1, -0.05) is 41.9 Å². The highest BCUT2D eigenvalue weighted by atomic mass is 35.5. The number of aliphatic hydroxyl groups is 1. The SMILES string of the molecule is C[C@]12C=CC(=O)C=C1CC[C@H]1[C@@H]3C[C@H]4CN(Cc5ccc(Cl)s5)O[C@@]4(C(=O)SCF)[C@@]3(C)C[C@H](O)[C@@]12F. The number of thioether (sulfide) groups is 1. The smallest absolute Gasteiger partial charge is 0.226 e. The van der Waals surface area contributed by atoms with Crippen LogP contribution in [0.2, 0.25) is 4.34 Å². The molecule has 3 saturated carbocycles. The van der Waals surface area contributed by atoms with E-state index in [4.69, 9.17) is 16.4 Å². The van der Waals surface area contributed by atoms with E-state index in [2.05, 4.69) is 0 Å². The van der Waals surface area contributed by atoms with Crippen LogP contribution in [0.15, 0.2) is 35.9 Å². The van der Waals surface area contributed by atoms with Crippen LogP contribution in [0, 0.1) is 28.6 Å². The van der Waals surface area contributed by atoms with Gasteiger partial charge in [0.25, 0.3) is 0 Å². The van der Waals surface area contributed by atoms with E-state index in [9.17, 15) is 19.1 Å². The van der Waals surface area contributed by atoms with Gasteiger partial charge in [-0.3, -0.25) is 14.4 Å². The minimum atomic E-state index is -1.98. The summed E-state index contributed by atoms with van der Waals surface area (Å²) < 4.78 is 31.6. The molecule has 4 fully saturated rings. The molecule has 2 heterocycles. The Morgan fingerprint density at radius 3 is 2.84 bits per heavy atom. The highest BCUT2D eigenvalue weighted by molar-refractivity contribution is 8.13. The zero-order valence-electron chi connectivity index (χ0n) is 20.7. The summed E-state index contributed by atoms with van der Waals surface area (Å²) in [5, 5.41) is 13.0. The van der Waals surface area contributed by atoms with E-state index >= 15 is 4.39 Å². The lowest BCUT2D eigenvalue weighted by molar-refractivity contribution is -0.264. The first-order chi connectivity index (χ1) is 17.5. The molecule has 0 bridgehead atoms. The fourth-order valence-electron chi connectivity index (χ4n) is 8.53. The van der Waals surface area contributed by atoms with Gasteiger partial charge in [-0.2, -0.15) is 5.06 Å². The number of alkyl halides is 2. The number of ketones is 1. The molecule has 10 heteroatoms. The summed E-state index contributed by atoms with van der Waals surface area (Å²) >= 11 is 8.14. The fourth-order valence-corrected chi connectivity index (χ4v) is 10.4. The van der Waals surface area contributed by atoms with Crippen molar-refractivity contribution in [3.63, 3.8) is 0 Å². The minimum absolute atomic E-state index is 0.0169. The first-order valence-electron chi connectivity index (χ1n) is 12.7. The number of rotatable bonds is 4. The molecular weight excluding hydrogens is 540 g/mol. The topological polar surface area (TPSA) is 66.8 Å². The molecule has 0 unspecified atom stereocenters. The third kappa shape index (κ3) is 3.37. The normalized spacial score (nSPS) is 44.7. The Morgan fingerprint density at radius 1 is 1.35 bits per heavy atom. The van der Waals surface area contributed by atoms with Gasteiger partial charge in [0.05, 0.1) is 17.0 Å². The molecule has 200 valence electrons. The second-order valence-corrected chi connectivity index (χ2v) is 14.3. The minimum Gasteiger partial charge on any atom is -0.390 e. The Labute approximate surface area is 228 Å². The van der Waals surface area contributed by atoms with Gasteiger partial charge in [-0.15, -0.1) is 11.3 Å². The van der Waals surface area contributed by atoms with Crippen LogP contribution in [0.5, 0.6) is 0 Å². The fraction of sp³-hybridized carbons (Fsp3) is 0.630. The van der Waals surface area contributed by atoms with Gasteiger partial charge < -0.3 is 5.11 Å². The number of aliphatic hydroxyl groups excluding tert-OH is 1. The average molecular weight is 570 g/mol. The number of fused-ring (bicyclic) bond motifs is 7. The lowest BCUT2D eigenvalue weighted by Gasteiger charge is -2.62. The summed E-state index contributed by atoms with van der Waals surface area (Å²) in [4.78, 5) is 33.3. The second kappa shape index (κ2) is 8.70. The molecule has 6 rings (SSSR count). The lowest BCUT2D eigenvalue weighted by atomic mass is 9.45. The summed E-state index contributed by atoms with van der Waals surface area (Å²) in [6, 6.07) is 2.85. The van der Waals surface area contributed by atoms with E-state index in [1.54, 1.807) is 18.1 Å². The van der Waals surface area contributed by atoms with Crippen molar-refractivity contribution in [2.45, 2.75) is 63.4 Å². The molecule has 0 spiro atoms. The highest BCUT2D eigenvalue weighted by Crippen LogP contribution is 2.73. The Morgan fingerprint density at radius 2 is 2.14 bits per heavy atom. The quantitative estimate of drug-likeness (QED) is 0.504. The van der Waals surface area contributed by atoms with Crippen molar-refractivity contribution < 1.29 is 28.3 Å². The third-order valence-electron chi connectivity index (χ3n) is 10.1. The largest absolute Gasteiger partial charge is 0.390 e. The first-order valence-corrected chi connectivity index (χ1v) is 14.9. The summed E-state index contributed by atoms with van der Waals surface area (Å²) in [6.07, 6.45) is 4.77. The van der Waals surface area contributed by atoms with Gasteiger partial charge in [0.1, 0.15) is 6.01 Å². The third-order valence-corrected chi connectivity index (χ3v) is 12.0. The Kier molecular flexibility index (Phi) is 6.15. The van der Waals surface area contributed by atoms with Crippen molar-refractivity contribution in [1.29, 1.82) is 0 Å². The molecule has 1 aliphatic heterocycles. The number of carbonyl (C=O) groups excluding carboxylic acids is 2. The summed E-state index contributed by atoms with van der Waals surface area (Å²) in [5.74, 6) is -1.18. The zero-order chi connectivity index (χ0) is 26.4. The van der Waals surface area contributed by atoms with Gasteiger partial charge >= 0.3 is 0 Å². The number of carbonyl (C=O) groups is 2. The van der Waals surface area contributed by atoms with Crippen LogP contribution in [0.4, 0.5) is 8.78 Å². The van der Waals surface area contributed by atoms with Gasteiger partial charge in [-0.25, -0.2) is 8.78 Å². The molecule has 1 aromatic rings. The van der Waals surface area contributed by atoms with Crippen LogP contribution in [0.25, 0.3) is 0 Å². The Bertz CT molecular complexity index is 1220. The van der Waals surface area contributed by atoms with Gasteiger partial charge in [-0.05, 0) is 62.8 Å². The van der Waals surface area contributed by atoms with Crippen molar-refractivity contribution in [1.82, 2.24) is 5.06 Å². The number of halogens is 3. The molecule has 5 aliphatic rings. The van der Waals surface area contributed by atoms with E-state index in [0.29, 0.717) is 48.5 Å². The Hall–Kier alpha value is -1.10. The number of allylic oxidation sites excluding steroid dienone is 4. The van der Waals surface area contributed by atoms with Crippen molar-refractivity contribution in [2.24, 2.45) is 28.6 Å². The summed E-state index contributed by atoms with van der Waals surface area (Å²) in [5.41, 5.74) is -4.60. The van der Waals surface area contributed by atoms with Crippen LogP contribution in [0.1, 0.15) is 44.4 Å². The number of hydrogen-bond acceptors (Lipinski definition) is 7. The van der Waals surface area contributed by atoms with Crippen LogP contribution in [-0.2, 0) is 21.0 Å². The number of hydrogen-bond donors (Lipinski definition) is 1. The van der Waals surface area contributed by atoms with E-state index in [1.807, 2.05) is 19.1 Å². The maximum atomic E-state index is 17.4. The van der Waals surface area contributed by atoms with Gasteiger partial charge in [0.2, 0.25) is 5.12 Å². The van der Waals surface area contributed by atoms with E-state index in [1.165, 1.54) is 23.5 Å². The highest BCUT2D eigenvalue weighted by Gasteiger charge is 2.79. The molecule has 0 aromatic carbocycles. The maximum absolute atomic E-state index is 17.4. The molecule has 0 amide bonds. The molecular formula is C27H30ClF2NO4S2. The number of nitrogens with zero attached hydrogens (tertiary/aromatic N) is 1. The van der Waals surface area contributed by atoms with Crippen molar-refractivity contribution >= 4 is 45.6 Å². The standard InChI is InChI=1S/C27H30ClF2NO4S2/c1-24-8-7-17(32)9-15(24)3-5-19-20-10-16-12-31(13-18-4-6-22(28)37-18)35-27(16,23(34)36-14-29)25(20,2)11-21(33)26(19,24)30/h4,6-9,16,19-21,33H,3,5,10-14H2,1-2H3/t16-,19-,20-,21-,24-,25-,26-,27-/m0/s1. The van der Waals surface area contributed by atoms with E-state index < -0.39 is 40.1 Å². The van der Waals surface area contributed by atoms with Crippen LogP contribution in [0.3, 0.4) is 0 Å². The molecule has 1 saturated heterocycles.